The van der Waals surface area contributed by atoms with Crippen molar-refractivity contribution in [3.8, 4) is 0 Å². The minimum atomic E-state index is -0.883. The predicted molar refractivity (Wildman–Crippen MR) is 39.7 cm³/mol. The quantitative estimate of drug-likeness (QED) is 0.474. The molecular weight excluding hydrogens is 128 g/mol. The molecule has 50 valence electrons. The first-order valence-electron chi connectivity index (χ1n) is 2.59. The number of aliphatic carboxylic acids is 1. The normalized spacial score (nSPS) is 7.67. The molecule has 0 bridgehead atoms. The maximum Gasteiger partial charge on any atom is 2.00 e. The number of carboxylic acids is 1. The fourth-order valence-corrected chi connectivity index (χ4v) is 0.409. The Morgan fingerprint density at radius 3 is 2.33 bits per heavy atom. The molecule has 0 aromatic rings. The Morgan fingerprint density at radius 2 is 2.22 bits per heavy atom. The molecule has 0 fully saturated rings. The van der Waals surface area contributed by atoms with Gasteiger partial charge in [-0.05, 0) is 6.42 Å². The molecule has 9 heavy (non-hydrogen) atoms. The summed E-state index contributed by atoms with van der Waals surface area (Å²) >= 11 is 0. The Labute approximate surface area is 74.1 Å². The average molecular weight is 140 g/mol. The van der Waals surface area contributed by atoms with Gasteiger partial charge in [0.15, 0.2) is 0 Å². The fourth-order valence-electron chi connectivity index (χ4n) is 0.409. The van der Waals surface area contributed by atoms with Crippen molar-refractivity contribution in [3.05, 3.63) is 12.2 Å². The summed E-state index contributed by atoms with van der Waals surface area (Å²) in [6.45, 7) is 5.27. The molecular formula is C6H12MgO2. The molecule has 0 aromatic heterocycles. The van der Waals surface area contributed by atoms with E-state index in [1.807, 2.05) is 6.92 Å². The maximum atomic E-state index is 9.99. The van der Waals surface area contributed by atoms with Gasteiger partial charge in [0, 0.05) is 5.57 Å². The Bertz CT molecular complexity index is 117. The van der Waals surface area contributed by atoms with Crippen molar-refractivity contribution in [1.82, 2.24) is 0 Å². The number of hydrogen-bond acceptors (Lipinski definition) is 1. The zero-order valence-corrected chi connectivity index (χ0v) is 7.10. The standard InChI is InChI=1S/C6H10O2.Mg.2H/c1-3-4-5(2)6(7)8;;;/h2-4H2,1H3,(H,7,8);;;/q;+2;2*-1. The number of hydrogen-bond donors (Lipinski definition) is 1. The molecule has 0 aliphatic heterocycles. The van der Waals surface area contributed by atoms with Crippen LogP contribution in [-0.2, 0) is 4.79 Å². The van der Waals surface area contributed by atoms with Crippen LogP contribution in [0.5, 0.6) is 0 Å². The van der Waals surface area contributed by atoms with Crippen molar-refractivity contribution in [2.75, 3.05) is 0 Å². The van der Waals surface area contributed by atoms with Gasteiger partial charge >= 0.3 is 29.0 Å². The van der Waals surface area contributed by atoms with E-state index in [-0.39, 0.29) is 25.9 Å². The summed E-state index contributed by atoms with van der Waals surface area (Å²) in [5.41, 5.74) is 0.299. The zero-order valence-electron chi connectivity index (χ0n) is 7.68. The van der Waals surface area contributed by atoms with E-state index in [2.05, 4.69) is 6.58 Å². The van der Waals surface area contributed by atoms with E-state index < -0.39 is 5.97 Å². The second-order valence-electron chi connectivity index (χ2n) is 1.66. The van der Waals surface area contributed by atoms with Crippen LogP contribution in [0.15, 0.2) is 12.2 Å². The summed E-state index contributed by atoms with van der Waals surface area (Å²) in [5, 5.41) is 8.21. The molecule has 0 spiro atoms. The van der Waals surface area contributed by atoms with E-state index in [4.69, 9.17) is 5.11 Å². The molecule has 0 atom stereocenters. The monoisotopic (exact) mass is 140 g/mol. The number of rotatable bonds is 3. The fraction of sp³-hybridized carbons (Fsp3) is 0.500. The van der Waals surface area contributed by atoms with Gasteiger partial charge in [-0.3, -0.25) is 0 Å². The van der Waals surface area contributed by atoms with E-state index >= 15 is 0 Å². The summed E-state index contributed by atoms with van der Waals surface area (Å²) in [6.07, 6.45) is 1.44. The van der Waals surface area contributed by atoms with Gasteiger partial charge < -0.3 is 7.96 Å². The van der Waals surface area contributed by atoms with Gasteiger partial charge in [-0.2, -0.15) is 0 Å². The Morgan fingerprint density at radius 1 is 1.78 bits per heavy atom. The first kappa shape index (κ1) is 11.7. The molecule has 0 heterocycles. The third kappa shape index (κ3) is 5.85. The summed E-state index contributed by atoms with van der Waals surface area (Å²) in [4.78, 5) is 9.99. The van der Waals surface area contributed by atoms with Gasteiger partial charge in [0.25, 0.3) is 0 Å². The van der Waals surface area contributed by atoms with Crippen LogP contribution < -0.4 is 0 Å². The predicted octanol–water partition coefficient (Wildman–Crippen LogP) is 1.27. The van der Waals surface area contributed by atoms with E-state index in [1.165, 1.54) is 0 Å². The van der Waals surface area contributed by atoms with Gasteiger partial charge in [-0.1, -0.05) is 19.9 Å². The smallest absolute Gasteiger partial charge is 1.00 e. The maximum absolute atomic E-state index is 9.99. The Hall–Kier alpha value is -0.0238. The van der Waals surface area contributed by atoms with Gasteiger partial charge in [0.2, 0.25) is 0 Å². The summed E-state index contributed by atoms with van der Waals surface area (Å²) in [5.74, 6) is -0.883. The molecule has 0 rings (SSSR count). The minimum Gasteiger partial charge on any atom is -1.00 e. The van der Waals surface area contributed by atoms with E-state index in [1.54, 1.807) is 0 Å². The zero-order chi connectivity index (χ0) is 6.57. The van der Waals surface area contributed by atoms with Crippen LogP contribution in [0.1, 0.15) is 22.6 Å². The minimum absolute atomic E-state index is 0. The van der Waals surface area contributed by atoms with Crippen molar-refractivity contribution in [3.63, 3.8) is 0 Å². The van der Waals surface area contributed by atoms with Crippen molar-refractivity contribution < 1.29 is 12.8 Å². The van der Waals surface area contributed by atoms with E-state index in [0.29, 0.717) is 12.0 Å². The van der Waals surface area contributed by atoms with E-state index in [9.17, 15) is 4.79 Å². The molecule has 0 aromatic carbocycles. The van der Waals surface area contributed by atoms with Gasteiger partial charge in [-0.25, -0.2) is 4.79 Å². The molecule has 0 radical (unpaired) electrons. The summed E-state index contributed by atoms with van der Waals surface area (Å²) < 4.78 is 0. The van der Waals surface area contributed by atoms with Crippen LogP contribution >= 0.6 is 0 Å². The van der Waals surface area contributed by atoms with Crippen LogP contribution in [-0.4, -0.2) is 34.1 Å². The van der Waals surface area contributed by atoms with Gasteiger partial charge in [0.05, 0.1) is 0 Å². The largest absolute Gasteiger partial charge is 2.00 e. The Balaban J connectivity index is -0.0000000817. The molecule has 3 heteroatoms. The topological polar surface area (TPSA) is 37.3 Å². The van der Waals surface area contributed by atoms with Gasteiger partial charge in [0.1, 0.15) is 0 Å². The van der Waals surface area contributed by atoms with Crippen LogP contribution in [0, 0.1) is 0 Å². The second kappa shape index (κ2) is 6.10. The first-order chi connectivity index (χ1) is 3.68. The molecule has 0 amide bonds. The van der Waals surface area contributed by atoms with Crippen LogP contribution in [0.4, 0.5) is 0 Å². The van der Waals surface area contributed by atoms with E-state index in [0.717, 1.165) is 6.42 Å². The summed E-state index contributed by atoms with van der Waals surface area (Å²) in [7, 11) is 0. The third-order valence-corrected chi connectivity index (χ3v) is 0.854. The molecule has 0 aliphatic rings. The van der Waals surface area contributed by atoms with Crippen molar-refractivity contribution in [1.29, 1.82) is 0 Å². The van der Waals surface area contributed by atoms with Crippen molar-refractivity contribution in [2.24, 2.45) is 0 Å². The van der Waals surface area contributed by atoms with Crippen molar-refractivity contribution >= 4 is 29.0 Å². The molecule has 0 unspecified atom stereocenters. The molecule has 2 nitrogen and oxygen atoms in total. The van der Waals surface area contributed by atoms with Crippen LogP contribution in [0.3, 0.4) is 0 Å². The third-order valence-electron chi connectivity index (χ3n) is 0.854. The van der Waals surface area contributed by atoms with Gasteiger partial charge in [-0.15, -0.1) is 0 Å². The second-order valence-corrected chi connectivity index (χ2v) is 1.66. The SMILES string of the molecule is C=C(CCC)C(=O)O.[H-].[H-].[Mg+2]. The van der Waals surface area contributed by atoms with Crippen LogP contribution in [0.2, 0.25) is 0 Å². The Kier molecular flexibility index (Phi) is 7.96. The molecule has 0 aliphatic carbocycles. The van der Waals surface area contributed by atoms with Crippen LogP contribution in [0.25, 0.3) is 0 Å². The molecule has 1 N–H and O–H groups in total. The molecule has 0 saturated heterocycles. The average Bonchev–Trinajstić information content (AvgIpc) is 1.67. The number of carbonyl (C=O) groups is 1. The number of carboxylic acid groups (broad SMARTS) is 1. The summed E-state index contributed by atoms with van der Waals surface area (Å²) in [6, 6.07) is 0. The first-order valence-corrected chi connectivity index (χ1v) is 2.59. The molecule has 0 saturated carbocycles. The van der Waals surface area contributed by atoms with Crippen molar-refractivity contribution in [2.45, 2.75) is 19.8 Å².